The molecule has 1 N–H and O–H groups in total. The minimum absolute atomic E-state index is 0.583. The van der Waals surface area contributed by atoms with Crippen LogP contribution in [0.5, 0.6) is 0 Å². The molecule has 2 aromatic rings. The van der Waals surface area contributed by atoms with Gasteiger partial charge in [0.05, 0.1) is 11.5 Å². The summed E-state index contributed by atoms with van der Waals surface area (Å²) in [5, 5.41) is 21.0. The van der Waals surface area contributed by atoms with Crippen LogP contribution in [0.4, 0.5) is 0 Å². The van der Waals surface area contributed by atoms with E-state index in [0.29, 0.717) is 12.8 Å². The fourth-order valence-corrected chi connectivity index (χ4v) is 3.61. The summed E-state index contributed by atoms with van der Waals surface area (Å²) in [6.07, 6.45) is 1.17. The maximum Gasteiger partial charge on any atom is 0.106 e. The molecule has 2 aromatic carbocycles. The van der Waals surface area contributed by atoms with E-state index >= 15 is 0 Å². The van der Waals surface area contributed by atoms with Crippen molar-refractivity contribution in [3.8, 4) is 6.07 Å². The number of rotatable bonds is 2. The van der Waals surface area contributed by atoms with E-state index in [4.69, 9.17) is 0 Å². The van der Waals surface area contributed by atoms with E-state index in [0.717, 1.165) is 21.2 Å². The molecule has 0 heterocycles. The molecule has 0 radical (unpaired) electrons. The van der Waals surface area contributed by atoms with Crippen molar-refractivity contribution in [1.82, 2.24) is 0 Å². The summed E-state index contributed by atoms with van der Waals surface area (Å²) in [7, 11) is 0. The average Bonchev–Trinajstić information content (AvgIpc) is 2.87. The molecule has 0 bridgehead atoms. The van der Waals surface area contributed by atoms with Crippen molar-refractivity contribution in [3.05, 3.63) is 69.7 Å². The van der Waals surface area contributed by atoms with E-state index in [1.165, 1.54) is 0 Å². The Morgan fingerprint density at radius 2 is 1.76 bits per heavy atom. The molecule has 0 saturated carbocycles. The zero-order chi connectivity index (χ0) is 15.1. The summed E-state index contributed by atoms with van der Waals surface area (Å²) in [5.41, 5.74) is 1.07. The Labute approximate surface area is 133 Å². The van der Waals surface area contributed by atoms with Crippen LogP contribution in [0.3, 0.4) is 0 Å². The normalized spacial score (nSPS) is 18.6. The minimum Gasteiger partial charge on any atom is -0.384 e. The Morgan fingerprint density at radius 1 is 1.14 bits per heavy atom. The molecule has 1 atom stereocenters. The SMILES string of the molecule is CC(O)(c1cccc(Br)c1)C1(C#N)Cc2ccccc2C1. The number of nitriles is 1. The molecule has 0 aromatic heterocycles. The standard InChI is InChI=1S/C18H16BrNO/c1-17(21,15-7-4-8-16(19)9-15)18(12-20)10-13-5-2-3-6-14(13)11-18/h2-9,21H,10-11H2,1H3. The van der Waals surface area contributed by atoms with Crippen LogP contribution in [0.15, 0.2) is 53.0 Å². The van der Waals surface area contributed by atoms with E-state index in [-0.39, 0.29) is 0 Å². The Balaban J connectivity index is 2.07. The highest BCUT2D eigenvalue weighted by Crippen LogP contribution is 2.49. The van der Waals surface area contributed by atoms with Crippen molar-refractivity contribution in [3.63, 3.8) is 0 Å². The Bertz CT molecular complexity index is 705. The van der Waals surface area contributed by atoms with Gasteiger partial charge in [-0.1, -0.05) is 52.3 Å². The Hall–Kier alpha value is -1.63. The number of aliphatic hydroxyl groups is 1. The molecular weight excluding hydrogens is 326 g/mol. The average molecular weight is 342 g/mol. The van der Waals surface area contributed by atoms with Crippen LogP contribution in [0.2, 0.25) is 0 Å². The van der Waals surface area contributed by atoms with E-state index in [1.807, 2.05) is 48.5 Å². The number of halogens is 1. The predicted molar refractivity (Wildman–Crippen MR) is 85.6 cm³/mol. The molecule has 3 rings (SSSR count). The molecule has 0 amide bonds. The monoisotopic (exact) mass is 341 g/mol. The van der Waals surface area contributed by atoms with Gasteiger partial charge in [0.25, 0.3) is 0 Å². The molecule has 1 aliphatic carbocycles. The van der Waals surface area contributed by atoms with Gasteiger partial charge in [-0.05, 0) is 48.6 Å². The van der Waals surface area contributed by atoms with Crippen molar-refractivity contribution >= 4 is 15.9 Å². The Morgan fingerprint density at radius 3 is 2.29 bits per heavy atom. The lowest BCUT2D eigenvalue weighted by atomic mass is 9.68. The lowest BCUT2D eigenvalue weighted by Crippen LogP contribution is -2.43. The van der Waals surface area contributed by atoms with Crippen molar-refractivity contribution in [2.24, 2.45) is 5.41 Å². The van der Waals surface area contributed by atoms with Crippen molar-refractivity contribution in [1.29, 1.82) is 5.26 Å². The molecule has 106 valence electrons. The zero-order valence-electron chi connectivity index (χ0n) is 11.8. The van der Waals surface area contributed by atoms with Crippen molar-refractivity contribution < 1.29 is 5.11 Å². The summed E-state index contributed by atoms with van der Waals surface area (Å²) in [6.45, 7) is 1.75. The molecule has 0 aliphatic heterocycles. The fraction of sp³-hybridized carbons (Fsp3) is 0.278. The smallest absolute Gasteiger partial charge is 0.106 e. The number of hydrogen-bond acceptors (Lipinski definition) is 2. The highest BCUT2D eigenvalue weighted by molar-refractivity contribution is 9.10. The molecule has 1 aliphatic rings. The van der Waals surface area contributed by atoms with E-state index in [2.05, 4.69) is 22.0 Å². The third-order valence-electron chi connectivity index (χ3n) is 4.64. The van der Waals surface area contributed by atoms with Gasteiger partial charge in [-0.15, -0.1) is 0 Å². The Kier molecular flexibility index (Phi) is 3.39. The third kappa shape index (κ3) is 2.19. The second-order valence-electron chi connectivity index (χ2n) is 5.90. The van der Waals surface area contributed by atoms with Crippen molar-refractivity contribution in [2.75, 3.05) is 0 Å². The zero-order valence-corrected chi connectivity index (χ0v) is 13.4. The van der Waals surface area contributed by atoms with E-state index in [9.17, 15) is 10.4 Å². The van der Waals surface area contributed by atoms with Gasteiger partial charge >= 0.3 is 0 Å². The molecule has 3 heteroatoms. The number of nitrogens with zero attached hydrogens (tertiary/aromatic N) is 1. The minimum atomic E-state index is -1.20. The van der Waals surface area contributed by atoms with Gasteiger partial charge in [0, 0.05) is 4.47 Å². The molecule has 0 fully saturated rings. The first-order chi connectivity index (χ1) is 9.98. The molecule has 1 unspecified atom stereocenters. The van der Waals surface area contributed by atoms with Crippen LogP contribution >= 0.6 is 15.9 Å². The van der Waals surface area contributed by atoms with Gasteiger partial charge in [0.1, 0.15) is 5.60 Å². The quantitative estimate of drug-likeness (QED) is 0.898. The van der Waals surface area contributed by atoms with Gasteiger partial charge < -0.3 is 5.11 Å². The second-order valence-corrected chi connectivity index (χ2v) is 6.81. The van der Waals surface area contributed by atoms with Gasteiger partial charge in [-0.2, -0.15) is 5.26 Å². The van der Waals surface area contributed by atoms with E-state index < -0.39 is 11.0 Å². The van der Waals surface area contributed by atoms with Gasteiger partial charge in [-0.3, -0.25) is 0 Å². The maximum absolute atomic E-state index is 11.2. The van der Waals surface area contributed by atoms with Crippen molar-refractivity contribution in [2.45, 2.75) is 25.4 Å². The van der Waals surface area contributed by atoms with Crippen LogP contribution in [0.25, 0.3) is 0 Å². The molecule has 0 saturated heterocycles. The van der Waals surface area contributed by atoms with Gasteiger partial charge in [0.15, 0.2) is 0 Å². The first-order valence-corrected chi connectivity index (χ1v) is 7.74. The highest BCUT2D eigenvalue weighted by Gasteiger charge is 2.52. The van der Waals surface area contributed by atoms with Crippen LogP contribution < -0.4 is 0 Å². The van der Waals surface area contributed by atoms with Crippen LogP contribution in [0, 0.1) is 16.7 Å². The predicted octanol–water partition coefficient (Wildman–Crippen LogP) is 3.97. The molecule has 21 heavy (non-hydrogen) atoms. The maximum atomic E-state index is 11.2. The van der Waals surface area contributed by atoms with Crippen LogP contribution in [-0.4, -0.2) is 5.11 Å². The first-order valence-electron chi connectivity index (χ1n) is 6.95. The summed E-state index contributed by atoms with van der Waals surface area (Å²) < 4.78 is 0.906. The van der Waals surface area contributed by atoms with Gasteiger partial charge in [0.2, 0.25) is 0 Å². The number of hydrogen-bond donors (Lipinski definition) is 1. The summed E-state index contributed by atoms with van der Waals surface area (Å²) in [6, 6.07) is 18.1. The molecule has 0 spiro atoms. The summed E-state index contributed by atoms with van der Waals surface area (Å²) in [4.78, 5) is 0. The van der Waals surface area contributed by atoms with Gasteiger partial charge in [-0.25, -0.2) is 0 Å². The molecular formula is C18H16BrNO. The fourth-order valence-electron chi connectivity index (χ4n) is 3.21. The second kappa shape index (κ2) is 4.98. The summed E-state index contributed by atoms with van der Waals surface area (Å²) >= 11 is 3.44. The topological polar surface area (TPSA) is 44.0 Å². The highest BCUT2D eigenvalue weighted by atomic mass is 79.9. The van der Waals surface area contributed by atoms with Crippen LogP contribution in [-0.2, 0) is 18.4 Å². The lowest BCUT2D eigenvalue weighted by molar-refractivity contribution is -0.0406. The number of benzene rings is 2. The largest absolute Gasteiger partial charge is 0.384 e. The first kappa shape index (κ1) is 14.3. The third-order valence-corrected chi connectivity index (χ3v) is 5.13. The lowest BCUT2D eigenvalue weighted by Gasteiger charge is -2.38. The van der Waals surface area contributed by atoms with E-state index in [1.54, 1.807) is 6.92 Å². The molecule has 2 nitrogen and oxygen atoms in total. The van der Waals surface area contributed by atoms with Crippen LogP contribution in [0.1, 0.15) is 23.6 Å². The summed E-state index contributed by atoms with van der Waals surface area (Å²) in [5.74, 6) is 0. The number of fused-ring (bicyclic) bond motifs is 1.